The number of halogens is 1. The Morgan fingerprint density at radius 2 is 1.41 bits per heavy atom. The van der Waals surface area contributed by atoms with Gasteiger partial charge in [-0.25, -0.2) is 4.79 Å². The molecule has 0 aliphatic heterocycles. The summed E-state index contributed by atoms with van der Waals surface area (Å²) >= 11 is 6.87. The van der Waals surface area contributed by atoms with E-state index < -0.39 is 17.7 Å². The maximum absolute atomic E-state index is 13.7. The number of alkyl carbamates (subject to hydrolysis) is 1. The van der Waals surface area contributed by atoms with Gasteiger partial charge < -0.3 is 15.8 Å². The van der Waals surface area contributed by atoms with Crippen molar-refractivity contribution in [3.8, 4) is 0 Å². The molecule has 0 spiro atoms. The summed E-state index contributed by atoms with van der Waals surface area (Å²) in [4.78, 5) is 26.4. The van der Waals surface area contributed by atoms with Gasteiger partial charge in [-0.15, -0.1) is 0 Å². The van der Waals surface area contributed by atoms with Gasteiger partial charge in [0.15, 0.2) is 5.78 Å². The molecule has 5 nitrogen and oxygen atoms in total. The number of ether oxygens (including phenoxy) is 1. The molecule has 0 aliphatic rings. The van der Waals surface area contributed by atoms with Crippen LogP contribution in [-0.4, -0.2) is 23.5 Å². The average Bonchev–Trinajstić information content (AvgIpc) is 2.90. The molecule has 0 saturated heterocycles. The number of amides is 1. The third-order valence-corrected chi connectivity index (χ3v) is 6.62. The van der Waals surface area contributed by atoms with Gasteiger partial charge in [-0.05, 0) is 61.2 Å². The number of carbonyl (C=O) groups excluding carboxylic acids is 2. The lowest BCUT2D eigenvalue weighted by Crippen LogP contribution is -2.44. The van der Waals surface area contributed by atoms with Gasteiger partial charge in [0.2, 0.25) is 0 Å². The van der Waals surface area contributed by atoms with Gasteiger partial charge in [-0.3, -0.25) is 4.79 Å². The number of ketones is 1. The van der Waals surface area contributed by atoms with E-state index in [2.05, 4.69) is 29.6 Å². The predicted molar refractivity (Wildman–Crippen MR) is 157 cm³/mol. The standard InChI is InChI=1S/C33H33ClN2O3/c1-33(2,3)39-32(38)36-29(20-22-14-17-26(35)18-15-22)31(37)25-16-19-27(28(34)21-25)30(23-10-6-4-7-11-23)24-12-8-5-9-13-24/h4-19,21,29-30H,20,35H2,1-3H3,(H,36,38)/t29-/m0/s1. The van der Waals surface area contributed by atoms with Crippen LogP contribution in [0.4, 0.5) is 10.5 Å². The van der Waals surface area contributed by atoms with Crippen molar-refractivity contribution in [3.05, 3.63) is 136 Å². The number of Topliss-reactive ketones (excluding diaryl/α,β-unsaturated/α-hetero) is 1. The highest BCUT2D eigenvalue weighted by atomic mass is 35.5. The number of hydrogen-bond acceptors (Lipinski definition) is 4. The molecule has 0 aliphatic carbocycles. The first-order valence-electron chi connectivity index (χ1n) is 12.9. The molecule has 0 heterocycles. The Bertz CT molecular complexity index is 1380. The van der Waals surface area contributed by atoms with Gasteiger partial charge in [0, 0.05) is 28.6 Å². The first kappa shape index (κ1) is 27.9. The molecule has 0 aromatic heterocycles. The highest BCUT2D eigenvalue weighted by molar-refractivity contribution is 6.32. The van der Waals surface area contributed by atoms with Crippen LogP contribution in [0.15, 0.2) is 103 Å². The van der Waals surface area contributed by atoms with Crippen molar-refractivity contribution in [3.63, 3.8) is 0 Å². The number of hydrogen-bond donors (Lipinski definition) is 2. The largest absolute Gasteiger partial charge is 0.444 e. The van der Waals surface area contributed by atoms with Crippen LogP contribution < -0.4 is 11.1 Å². The Morgan fingerprint density at radius 1 is 0.846 bits per heavy atom. The summed E-state index contributed by atoms with van der Waals surface area (Å²) in [5, 5.41) is 3.23. The molecule has 1 amide bonds. The Morgan fingerprint density at radius 3 is 1.92 bits per heavy atom. The minimum absolute atomic E-state index is 0.102. The lowest BCUT2D eigenvalue weighted by Gasteiger charge is -2.24. The molecule has 200 valence electrons. The summed E-state index contributed by atoms with van der Waals surface area (Å²) in [6.45, 7) is 5.33. The van der Waals surface area contributed by atoms with Gasteiger partial charge >= 0.3 is 6.09 Å². The lowest BCUT2D eigenvalue weighted by molar-refractivity contribution is 0.0491. The fourth-order valence-corrected chi connectivity index (χ4v) is 4.80. The molecule has 0 bridgehead atoms. The smallest absolute Gasteiger partial charge is 0.408 e. The molecule has 4 aromatic carbocycles. The summed E-state index contributed by atoms with van der Waals surface area (Å²) < 4.78 is 5.44. The number of anilines is 1. The third-order valence-electron chi connectivity index (χ3n) is 6.29. The van der Waals surface area contributed by atoms with Crippen molar-refractivity contribution in [1.82, 2.24) is 5.32 Å². The summed E-state index contributed by atoms with van der Waals surface area (Å²) in [6, 6.07) is 32.0. The fraction of sp³-hybridized carbons (Fsp3) is 0.212. The molecule has 1 atom stereocenters. The molecule has 39 heavy (non-hydrogen) atoms. The molecular formula is C33H33ClN2O3. The number of rotatable bonds is 8. The number of benzene rings is 4. The van der Waals surface area contributed by atoms with E-state index in [1.165, 1.54) is 0 Å². The second kappa shape index (κ2) is 12.2. The van der Waals surface area contributed by atoms with Crippen molar-refractivity contribution < 1.29 is 14.3 Å². The van der Waals surface area contributed by atoms with E-state index in [1.807, 2.05) is 54.6 Å². The third kappa shape index (κ3) is 7.49. The van der Waals surface area contributed by atoms with Gasteiger partial charge in [-0.1, -0.05) is 96.5 Å². The SMILES string of the molecule is CC(C)(C)OC(=O)N[C@@H](Cc1ccc(N)cc1)C(=O)c1ccc(C(c2ccccc2)c2ccccc2)c(Cl)c1. The molecule has 0 unspecified atom stereocenters. The first-order valence-corrected chi connectivity index (χ1v) is 13.3. The quantitative estimate of drug-likeness (QED) is 0.138. The van der Waals surface area contributed by atoms with Crippen molar-refractivity contribution in [1.29, 1.82) is 0 Å². The summed E-state index contributed by atoms with van der Waals surface area (Å²) in [6.07, 6.45) is -0.388. The van der Waals surface area contributed by atoms with Crippen molar-refractivity contribution in [2.24, 2.45) is 0 Å². The molecule has 0 saturated carbocycles. The summed E-state index contributed by atoms with van der Waals surface area (Å²) in [7, 11) is 0. The summed E-state index contributed by atoms with van der Waals surface area (Å²) in [5.74, 6) is -0.364. The number of nitrogen functional groups attached to an aromatic ring is 1. The second-order valence-electron chi connectivity index (χ2n) is 10.5. The molecule has 4 rings (SSSR count). The van der Waals surface area contributed by atoms with Crippen LogP contribution in [-0.2, 0) is 11.2 Å². The number of nitrogens with one attached hydrogen (secondary N) is 1. The Balaban J connectivity index is 1.66. The normalized spacial score (nSPS) is 12.1. The highest BCUT2D eigenvalue weighted by Crippen LogP contribution is 2.36. The molecular weight excluding hydrogens is 508 g/mol. The van der Waals surface area contributed by atoms with Crippen LogP contribution in [0.5, 0.6) is 0 Å². The monoisotopic (exact) mass is 540 g/mol. The van der Waals surface area contributed by atoms with Crippen LogP contribution in [0, 0.1) is 0 Å². The van der Waals surface area contributed by atoms with Crippen LogP contribution in [0.3, 0.4) is 0 Å². The zero-order chi connectivity index (χ0) is 28.0. The van der Waals surface area contributed by atoms with Crippen molar-refractivity contribution in [2.75, 3.05) is 5.73 Å². The number of carbonyl (C=O) groups is 2. The topological polar surface area (TPSA) is 81.4 Å². The Labute approximate surface area is 235 Å². The average molecular weight is 541 g/mol. The van der Waals surface area contributed by atoms with E-state index in [4.69, 9.17) is 22.1 Å². The maximum atomic E-state index is 13.7. The number of nitrogens with two attached hydrogens (primary N) is 1. The fourth-order valence-electron chi connectivity index (χ4n) is 4.51. The highest BCUT2D eigenvalue weighted by Gasteiger charge is 2.27. The summed E-state index contributed by atoms with van der Waals surface area (Å²) in [5.41, 5.74) is 10.1. The lowest BCUT2D eigenvalue weighted by atomic mass is 9.84. The predicted octanol–water partition coefficient (Wildman–Crippen LogP) is 7.42. The molecule has 3 N–H and O–H groups in total. The van der Waals surface area contributed by atoms with Gasteiger partial charge in [0.25, 0.3) is 0 Å². The molecule has 6 heteroatoms. The maximum Gasteiger partial charge on any atom is 0.408 e. The van der Waals surface area contributed by atoms with E-state index in [9.17, 15) is 9.59 Å². The first-order chi connectivity index (χ1) is 18.6. The van der Waals surface area contributed by atoms with Crippen molar-refractivity contribution >= 4 is 29.2 Å². The van der Waals surface area contributed by atoms with Crippen LogP contribution in [0.1, 0.15) is 59.3 Å². The molecule has 0 fully saturated rings. The zero-order valence-electron chi connectivity index (χ0n) is 22.4. The Hall–Kier alpha value is -4.09. The Kier molecular flexibility index (Phi) is 8.72. The van der Waals surface area contributed by atoms with E-state index in [-0.39, 0.29) is 18.1 Å². The minimum Gasteiger partial charge on any atom is -0.444 e. The molecule has 0 radical (unpaired) electrons. The van der Waals surface area contributed by atoms with Gasteiger partial charge in [0.1, 0.15) is 5.60 Å². The van der Waals surface area contributed by atoms with E-state index in [1.54, 1.807) is 45.0 Å². The zero-order valence-corrected chi connectivity index (χ0v) is 23.1. The van der Waals surface area contributed by atoms with Gasteiger partial charge in [0.05, 0.1) is 6.04 Å². The molecule has 4 aromatic rings. The van der Waals surface area contributed by atoms with E-state index >= 15 is 0 Å². The minimum atomic E-state index is -0.857. The van der Waals surface area contributed by atoms with Crippen LogP contribution in [0.25, 0.3) is 0 Å². The second-order valence-corrected chi connectivity index (χ2v) is 10.9. The van der Waals surface area contributed by atoms with E-state index in [0.717, 1.165) is 22.3 Å². The van der Waals surface area contributed by atoms with Gasteiger partial charge in [-0.2, -0.15) is 0 Å². The van der Waals surface area contributed by atoms with Crippen LogP contribution >= 0.6 is 11.6 Å². The van der Waals surface area contributed by atoms with Crippen molar-refractivity contribution in [2.45, 2.75) is 44.8 Å². The van der Waals surface area contributed by atoms with Crippen LogP contribution in [0.2, 0.25) is 5.02 Å². The van der Waals surface area contributed by atoms with E-state index in [0.29, 0.717) is 16.3 Å².